The largest absolute Gasteiger partial charge is 0.395 e. The molecule has 0 heterocycles. The summed E-state index contributed by atoms with van der Waals surface area (Å²) in [5.41, 5.74) is 5.90. The van der Waals surface area contributed by atoms with Gasteiger partial charge >= 0.3 is 0 Å². The average molecular weight is 204 g/mol. The summed E-state index contributed by atoms with van der Waals surface area (Å²) in [4.78, 5) is 2.10. The zero-order chi connectivity index (χ0) is 11.0. The van der Waals surface area contributed by atoms with E-state index in [1.807, 2.05) is 14.0 Å². The number of ether oxygens (including phenoxy) is 1. The highest BCUT2D eigenvalue weighted by Gasteiger charge is 2.19. The Kier molecular flexibility index (Phi) is 8.08. The van der Waals surface area contributed by atoms with Gasteiger partial charge in [0.1, 0.15) is 0 Å². The standard InChI is InChI=1S/C10H24N2O2/c1-4-9(11)10(8-13)12(2)6-5-7-14-3/h9-10,13H,4-8,11H2,1-3H3. The maximum Gasteiger partial charge on any atom is 0.0601 e. The molecule has 3 N–H and O–H groups in total. The Morgan fingerprint density at radius 1 is 1.50 bits per heavy atom. The van der Waals surface area contributed by atoms with Gasteiger partial charge in [-0.15, -0.1) is 0 Å². The summed E-state index contributed by atoms with van der Waals surface area (Å²) in [5.74, 6) is 0. The molecule has 2 atom stereocenters. The second-order valence-corrected chi connectivity index (χ2v) is 3.65. The SMILES string of the molecule is CCC(N)C(CO)N(C)CCCOC. The Balaban J connectivity index is 3.84. The first-order chi connectivity index (χ1) is 6.67. The van der Waals surface area contributed by atoms with Crippen LogP contribution in [0, 0.1) is 0 Å². The highest BCUT2D eigenvalue weighted by molar-refractivity contribution is 4.78. The normalized spacial score (nSPS) is 15.9. The molecule has 0 amide bonds. The number of aliphatic hydroxyl groups is 1. The van der Waals surface area contributed by atoms with Crippen LogP contribution in [0.25, 0.3) is 0 Å². The molecule has 86 valence electrons. The van der Waals surface area contributed by atoms with Crippen molar-refractivity contribution in [3.05, 3.63) is 0 Å². The minimum absolute atomic E-state index is 0.0487. The molecule has 0 fully saturated rings. The predicted octanol–water partition coefficient (Wildman–Crippen LogP) is 0.0529. The molecule has 0 aliphatic carbocycles. The zero-order valence-electron chi connectivity index (χ0n) is 9.57. The van der Waals surface area contributed by atoms with E-state index in [9.17, 15) is 5.11 Å². The van der Waals surface area contributed by atoms with Crippen molar-refractivity contribution >= 4 is 0 Å². The van der Waals surface area contributed by atoms with Crippen molar-refractivity contribution in [2.24, 2.45) is 5.73 Å². The second kappa shape index (κ2) is 8.17. The first-order valence-electron chi connectivity index (χ1n) is 5.23. The van der Waals surface area contributed by atoms with Crippen molar-refractivity contribution in [1.82, 2.24) is 4.90 Å². The molecule has 0 bridgehead atoms. The van der Waals surface area contributed by atoms with Crippen LogP contribution in [0.5, 0.6) is 0 Å². The number of rotatable bonds is 8. The number of hydrogen-bond acceptors (Lipinski definition) is 4. The van der Waals surface area contributed by atoms with Crippen LogP contribution >= 0.6 is 0 Å². The number of likely N-dealkylation sites (N-methyl/N-ethyl adjacent to an activating group) is 1. The molecule has 0 saturated heterocycles. The van der Waals surface area contributed by atoms with Crippen molar-refractivity contribution in [2.75, 3.05) is 33.9 Å². The van der Waals surface area contributed by atoms with E-state index < -0.39 is 0 Å². The molecule has 0 radical (unpaired) electrons. The minimum Gasteiger partial charge on any atom is -0.395 e. The van der Waals surface area contributed by atoms with E-state index >= 15 is 0 Å². The summed E-state index contributed by atoms with van der Waals surface area (Å²) in [7, 11) is 3.69. The number of hydrogen-bond donors (Lipinski definition) is 2. The van der Waals surface area contributed by atoms with Crippen LogP contribution in [-0.4, -0.2) is 56.0 Å². The molecular formula is C10H24N2O2. The van der Waals surface area contributed by atoms with Crippen LogP contribution in [0.4, 0.5) is 0 Å². The van der Waals surface area contributed by atoms with Crippen LogP contribution in [-0.2, 0) is 4.74 Å². The number of aliphatic hydroxyl groups excluding tert-OH is 1. The third-order valence-electron chi connectivity index (χ3n) is 2.58. The number of nitrogens with zero attached hydrogens (tertiary/aromatic N) is 1. The Bertz CT molecular complexity index is 133. The summed E-state index contributed by atoms with van der Waals surface area (Å²) in [6.07, 6.45) is 1.86. The molecule has 2 unspecified atom stereocenters. The minimum atomic E-state index is 0.0487. The molecule has 4 nitrogen and oxygen atoms in total. The van der Waals surface area contributed by atoms with E-state index in [1.165, 1.54) is 0 Å². The lowest BCUT2D eigenvalue weighted by atomic mass is 10.1. The van der Waals surface area contributed by atoms with Gasteiger partial charge in [-0.2, -0.15) is 0 Å². The first kappa shape index (κ1) is 13.8. The summed E-state index contributed by atoms with van der Waals surface area (Å²) >= 11 is 0. The van der Waals surface area contributed by atoms with Crippen LogP contribution in [0.1, 0.15) is 19.8 Å². The fourth-order valence-electron chi connectivity index (χ4n) is 1.50. The molecule has 0 spiro atoms. The van der Waals surface area contributed by atoms with Crippen molar-refractivity contribution in [2.45, 2.75) is 31.8 Å². The van der Waals surface area contributed by atoms with E-state index in [2.05, 4.69) is 4.90 Å². The average Bonchev–Trinajstić information content (AvgIpc) is 2.19. The molecule has 0 aliphatic heterocycles. The first-order valence-corrected chi connectivity index (χ1v) is 5.23. The fraction of sp³-hybridized carbons (Fsp3) is 1.00. The lowest BCUT2D eigenvalue weighted by molar-refractivity contribution is 0.111. The summed E-state index contributed by atoms with van der Waals surface area (Å²) in [5, 5.41) is 9.20. The van der Waals surface area contributed by atoms with Crippen LogP contribution in [0.2, 0.25) is 0 Å². The summed E-state index contributed by atoms with van der Waals surface area (Å²) < 4.78 is 4.97. The van der Waals surface area contributed by atoms with Crippen molar-refractivity contribution in [1.29, 1.82) is 0 Å². The van der Waals surface area contributed by atoms with E-state index in [4.69, 9.17) is 10.5 Å². The van der Waals surface area contributed by atoms with Gasteiger partial charge < -0.3 is 15.6 Å². The van der Waals surface area contributed by atoms with Gasteiger partial charge in [-0.3, -0.25) is 4.90 Å². The Morgan fingerprint density at radius 2 is 2.14 bits per heavy atom. The van der Waals surface area contributed by atoms with Crippen LogP contribution < -0.4 is 5.73 Å². The van der Waals surface area contributed by atoms with Crippen molar-refractivity contribution in [3.8, 4) is 0 Å². The third-order valence-corrected chi connectivity index (χ3v) is 2.58. The second-order valence-electron chi connectivity index (χ2n) is 3.65. The molecule has 0 saturated carbocycles. The van der Waals surface area contributed by atoms with Gasteiger partial charge in [-0.05, 0) is 19.9 Å². The molecule has 14 heavy (non-hydrogen) atoms. The lowest BCUT2D eigenvalue weighted by Gasteiger charge is -2.30. The number of methoxy groups -OCH3 is 1. The molecule has 0 aliphatic rings. The highest BCUT2D eigenvalue weighted by atomic mass is 16.5. The number of nitrogens with two attached hydrogens (primary N) is 1. The quantitative estimate of drug-likeness (QED) is 0.549. The van der Waals surface area contributed by atoms with Crippen LogP contribution in [0.3, 0.4) is 0 Å². The Hall–Kier alpha value is -0.160. The van der Waals surface area contributed by atoms with Gasteiger partial charge in [-0.1, -0.05) is 6.92 Å². The molecule has 4 heteroatoms. The monoisotopic (exact) mass is 204 g/mol. The topological polar surface area (TPSA) is 58.7 Å². The zero-order valence-corrected chi connectivity index (χ0v) is 9.57. The van der Waals surface area contributed by atoms with Crippen molar-refractivity contribution < 1.29 is 9.84 Å². The van der Waals surface area contributed by atoms with E-state index in [0.29, 0.717) is 0 Å². The van der Waals surface area contributed by atoms with Gasteiger partial charge in [0.05, 0.1) is 6.61 Å². The maximum atomic E-state index is 9.20. The smallest absolute Gasteiger partial charge is 0.0601 e. The fourth-order valence-corrected chi connectivity index (χ4v) is 1.50. The van der Waals surface area contributed by atoms with Gasteiger partial charge in [0, 0.05) is 32.3 Å². The summed E-state index contributed by atoms with van der Waals surface area (Å²) in [6, 6.07) is 0.115. The molecule has 0 aromatic carbocycles. The highest BCUT2D eigenvalue weighted by Crippen LogP contribution is 2.04. The van der Waals surface area contributed by atoms with E-state index in [-0.39, 0.29) is 18.7 Å². The lowest BCUT2D eigenvalue weighted by Crippen LogP contribution is -2.48. The Labute approximate surface area is 87.0 Å². The van der Waals surface area contributed by atoms with Crippen LogP contribution in [0.15, 0.2) is 0 Å². The Morgan fingerprint density at radius 3 is 2.57 bits per heavy atom. The third kappa shape index (κ3) is 4.91. The summed E-state index contributed by atoms with van der Waals surface area (Å²) in [6.45, 7) is 3.82. The van der Waals surface area contributed by atoms with E-state index in [1.54, 1.807) is 7.11 Å². The van der Waals surface area contributed by atoms with Gasteiger partial charge in [0.2, 0.25) is 0 Å². The molecule has 0 aromatic heterocycles. The maximum absolute atomic E-state index is 9.20. The van der Waals surface area contributed by atoms with Gasteiger partial charge in [0.15, 0.2) is 0 Å². The van der Waals surface area contributed by atoms with Gasteiger partial charge in [0.25, 0.3) is 0 Å². The molecule has 0 aromatic rings. The molecule has 0 rings (SSSR count). The predicted molar refractivity (Wildman–Crippen MR) is 58.3 cm³/mol. The van der Waals surface area contributed by atoms with Crippen molar-refractivity contribution in [3.63, 3.8) is 0 Å². The molecular weight excluding hydrogens is 180 g/mol. The van der Waals surface area contributed by atoms with Gasteiger partial charge in [-0.25, -0.2) is 0 Å². The van der Waals surface area contributed by atoms with E-state index in [0.717, 1.165) is 26.0 Å².